The second-order valence-electron chi connectivity index (χ2n) is 15.4. The molecule has 1 heteroatoms. The number of nitrogens with zero attached hydrogens (tertiary/aromatic N) is 1. The zero-order valence-electron chi connectivity index (χ0n) is 32.5. The predicted molar refractivity (Wildman–Crippen MR) is 253 cm³/mol. The zero-order valence-corrected chi connectivity index (χ0v) is 32.5. The zero-order chi connectivity index (χ0) is 39.1. The maximum Gasteiger partial charge on any atom is 0.0462 e. The quantitative estimate of drug-likeness (QED) is 0.147. The van der Waals surface area contributed by atoms with Gasteiger partial charge >= 0.3 is 0 Å². The molecule has 0 saturated carbocycles. The van der Waals surface area contributed by atoms with Crippen molar-refractivity contribution in [1.82, 2.24) is 0 Å². The molecule has 0 aromatic heterocycles. The molecule has 0 unspecified atom stereocenters. The van der Waals surface area contributed by atoms with Gasteiger partial charge in [0.1, 0.15) is 0 Å². The molecule has 0 fully saturated rings. The Bertz CT molecular complexity index is 3250. The third-order valence-corrected chi connectivity index (χ3v) is 11.8. The van der Waals surface area contributed by atoms with E-state index in [0.29, 0.717) is 0 Å². The summed E-state index contributed by atoms with van der Waals surface area (Å²) in [6.45, 7) is 0. The van der Waals surface area contributed by atoms with E-state index >= 15 is 0 Å². The first-order chi connectivity index (χ1) is 29.2. The van der Waals surface area contributed by atoms with E-state index in [1.165, 1.54) is 87.6 Å². The van der Waals surface area contributed by atoms with E-state index in [-0.39, 0.29) is 0 Å². The monoisotopic (exact) mass is 749 g/mol. The summed E-state index contributed by atoms with van der Waals surface area (Å²) in [6.07, 6.45) is 0. The van der Waals surface area contributed by atoms with Crippen molar-refractivity contribution in [2.24, 2.45) is 0 Å². The van der Waals surface area contributed by atoms with Gasteiger partial charge in [-0.1, -0.05) is 170 Å². The van der Waals surface area contributed by atoms with Gasteiger partial charge < -0.3 is 4.90 Å². The molecule has 0 radical (unpaired) electrons. The Hall–Kier alpha value is -7.74. The molecule has 11 aromatic carbocycles. The fourth-order valence-electron chi connectivity index (χ4n) is 8.75. The Morgan fingerprint density at radius 2 is 0.559 bits per heavy atom. The van der Waals surface area contributed by atoms with E-state index in [9.17, 15) is 0 Å². The lowest BCUT2D eigenvalue weighted by atomic mass is 9.91. The van der Waals surface area contributed by atoms with Gasteiger partial charge in [0, 0.05) is 17.1 Å². The lowest BCUT2D eigenvalue weighted by Crippen LogP contribution is -2.09. The highest BCUT2D eigenvalue weighted by Crippen LogP contribution is 2.38. The van der Waals surface area contributed by atoms with E-state index in [4.69, 9.17) is 0 Å². The van der Waals surface area contributed by atoms with Gasteiger partial charge in [0.2, 0.25) is 0 Å². The van der Waals surface area contributed by atoms with Crippen LogP contribution in [0.4, 0.5) is 17.1 Å². The Morgan fingerprint density at radius 3 is 1.10 bits per heavy atom. The van der Waals surface area contributed by atoms with Gasteiger partial charge in [-0.05, 0) is 154 Å². The lowest BCUT2D eigenvalue weighted by molar-refractivity contribution is 1.28. The minimum atomic E-state index is 1.13. The highest BCUT2D eigenvalue weighted by molar-refractivity contribution is 6.14. The van der Waals surface area contributed by atoms with E-state index in [2.05, 4.69) is 241 Å². The summed E-state index contributed by atoms with van der Waals surface area (Å²) in [6, 6.07) is 86.1. The minimum Gasteiger partial charge on any atom is -0.311 e. The van der Waals surface area contributed by atoms with Crippen LogP contribution in [0.15, 0.2) is 237 Å². The van der Waals surface area contributed by atoms with Crippen LogP contribution in [0.5, 0.6) is 0 Å². The SMILES string of the molecule is c1ccc(N(c2ccccc2)c2ccc(-c3ccc(-c4ccc5cc(-c6ccc7cc(-c8cc9ccccc9c9ccccc89)ccc7c6)ccc5c4)cc3)cc2)cc1. The normalized spacial score (nSPS) is 11.4. The smallest absolute Gasteiger partial charge is 0.0462 e. The van der Waals surface area contributed by atoms with Crippen LogP contribution in [-0.4, -0.2) is 0 Å². The molecule has 0 saturated heterocycles. The fraction of sp³-hybridized carbons (Fsp3) is 0. The molecule has 11 aromatic rings. The summed E-state index contributed by atoms with van der Waals surface area (Å²) < 4.78 is 0. The molecule has 0 aliphatic heterocycles. The van der Waals surface area contributed by atoms with Gasteiger partial charge in [-0.2, -0.15) is 0 Å². The maximum atomic E-state index is 2.34. The van der Waals surface area contributed by atoms with Crippen LogP contribution in [0.25, 0.3) is 87.6 Å². The molecule has 0 N–H and O–H groups in total. The van der Waals surface area contributed by atoms with Crippen molar-refractivity contribution in [3.05, 3.63) is 237 Å². The van der Waals surface area contributed by atoms with E-state index in [1.54, 1.807) is 0 Å². The Balaban J connectivity index is 0.834. The highest BCUT2D eigenvalue weighted by atomic mass is 15.1. The average molecular weight is 750 g/mol. The first kappa shape index (κ1) is 34.5. The number of hydrogen-bond acceptors (Lipinski definition) is 1. The molecular formula is C58H39N. The van der Waals surface area contributed by atoms with E-state index < -0.39 is 0 Å². The summed E-state index contributed by atoms with van der Waals surface area (Å²) in [4.78, 5) is 2.29. The maximum absolute atomic E-state index is 2.34. The van der Waals surface area contributed by atoms with Crippen LogP contribution in [0.1, 0.15) is 0 Å². The third kappa shape index (κ3) is 6.49. The van der Waals surface area contributed by atoms with E-state index in [0.717, 1.165) is 17.1 Å². The van der Waals surface area contributed by atoms with Gasteiger partial charge in [0.25, 0.3) is 0 Å². The molecular weight excluding hydrogens is 711 g/mol. The molecule has 0 aliphatic rings. The molecule has 0 heterocycles. The van der Waals surface area contributed by atoms with Crippen LogP contribution in [0.3, 0.4) is 0 Å². The summed E-state index contributed by atoms with van der Waals surface area (Å²) in [5, 5.41) is 10.1. The summed E-state index contributed by atoms with van der Waals surface area (Å²) in [5.74, 6) is 0. The number of para-hydroxylation sites is 2. The molecule has 0 atom stereocenters. The Morgan fingerprint density at radius 1 is 0.203 bits per heavy atom. The van der Waals surface area contributed by atoms with Gasteiger partial charge in [-0.25, -0.2) is 0 Å². The number of anilines is 3. The first-order valence-electron chi connectivity index (χ1n) is 20.3. The molecule has 11 rings (SSSR count). The van der Waals surface area contributed by atoms with Gasteiger partial charge in [-0.15, -0.1) is 0 Å². The van der Waals surface area contributed by atoms with Crippen molar-refractivity contribution in [1.29, 1.82) is 0 Å². The molecule has 1 nitrogen and oxygen atoms in total. The van der Waals surface area contributed by atoms with Gasteiger partial charge in [0.15, 0.2) is 0 Å². The molecule has 0 aliphatic carbocycles. The third-order valence-electron chi connectivity index (χ3n) is 11.8. The van der Waals surface area contributed by atoms with Crippen molar-refractivity contribution in [2.75, 3.05) is 4.90 Å². The Kier molecular flexibility index (Phi) is 8.56. The molecule has 0 amide bonds. The van der Waals surface area contributed by atoms with Crippen molar-refractivity contribution >= 4 is 60.2 Å². The van der Waals surface area contributed by atoms with Crippen molar-refractivity contribution < 1.29 is 0 Å². The van der Waals surface area contributed by atoms with Gasteiger partial charge in [-0.3, -0.25) is 0 Å². The van der Waals surface area contributed by atoms with Crippen LogP contribution >= 0.6 is 0 Å². The van der Waals surface area contributed by atoms with Crippen LogP contribution in [0.2, 0.25) is 0 Å². The standard InChI is InChI=1S/C58H39N/c1-3-12-52(13-4-1)59(53-14-5-2-6-15-53)54-33-31-41(32-34-54)40-19-21-42(22-20-40)43-23-24-45-36-46(26-25-44(45)35-43)47-27-28-49-38-51(30-29-48(49)37-47)58-39-50-11-7-8-16-55(50)56-17-9-10-18-57(56)58/h1-39H. The average Bonchev–Trinajstić information content (AvgIpc) is 3.32. The topological polar surface area (TPSA) is 3.24 Å². The second-order valence-corrected chi connectivity index (χ2v) is 15.4. The molecule has 59 heavy (non-hydrogen) atoms. The van der Waals surface area contributed by atoms with Crippen molar-refractivity contribution in [2.45, 2.75) is 0 Å². The van der Waals surface area contributed by atoms with Crippen LogP contribution in [-0.2, 0) is 0 Å². The number of hydrogen-bond donors (Lipinski definition) is 0. The van der Waals surface area contributed by atoms with Crippen LogP contribution in [0, 0.1) is 0 Å². The van der Waals surface area contributed by atoms with Crippen molar-refractivity contribution in [3.8, 4) is 44.5 Å². The predicted octanol–water partition coefficient (Wildman–Crippen LogP) is 16.4. The van der Waals surface area contributed by atoms with E-state index in [1.807, 2.05) is 0 Å². The largest absolute Gasteiger partial charge is 0.311 e. The minimum absolute atomic E-state index is 1.13. The summed E-state index contributed by atoms with van der Waals surface area (Å²) in [5.41, 5.74) is 13.2. The fourth-order valence-corrected chi connectivity index (χ4v) is 8.75. The van der Waals surface area contributed by atoms with Crippen LogP contribution < -0.4 is 4.90 Å². The first-order valence-corrected chi connectivity index (χ1v) is 20.3. The highest BCUT2D eigenvalue weighted by Gasteiger charge is 2.13. The number of benzene rings is 11. The van der Waals surface area contributed by atoms with Crippen molar-refractivity contribution in [3.63, 3.8) is 0 Å². The second kappa shape index (κ2) is 14.6. The molecule has 276 valence electrons. The summed E-state index contributed by atoms with van der Waals surface area (Å²) >= 11 is 0. The lowest BCUT2D eigenvalue weighted by Gasteiger charge is -2.25. The number of rotatable bonds is 7. The number of fused-ring (bicyclic) bond motifs is 5. The molecule has 0 bridgehead atoms. The van der Waals surface area contributed by atoms with Gasteiger partial charge in [0.05, 0.1) is 0 Å². The summed E-state index contributed by atoms with van der Waals surface area (Å²) in [7, 11) is 0. The Labute approximate surface area is 344 Å². The molecule has 0 spiro atoms.